The Morgan fingerprint density at radius 3 is 2.89 bits per heavy atom. The Morgan fingerprint density at radius 2 is 2.28 bits per heavy atom. The van der Waals surface area contributed by atoms with Crippen LogP contribution in [0, 0.1) is 11.3 Å². The molecule has 0 aliphatic carbocycles. The summed E-state index contributed by atoms with van der Waals surface area (Å²) in [5.41, 5.74) is 7.48. The highest BCUT2D eigenvalue weighted by atomic mass is 16.2. The van der Waals surface area contributed by atoms with Crippen molar-refractivity contribution in [3.8, 4) is 6.07 Å². The van der Waals surface area contributed by atoms with Crippen LogP contribution < -0.4 is 5.73 Å². The van der Waals surface area contributed by atoms with E-state index < -0.39 is 0 Å². The Kier molecular flexibility index (Phi) is 2.90. The minimum atomic E-state index is -0.0802. The molecule has 0 aliphatic rings. The number of rotatable bonds is 2. The second-order valence-electron chi connectivity index (χ2n) is 4.13. The molecule has 6 heteroatoms. The highest BCUT2D eigenvalue weighted by Crippen LogP contribution is 2.20. The summed E-state index contributed by atoms with van der Waals surface area (Å²) in [6.07, 6.45) is 0. The van der Waals surface area contributed by atoms with Crippen molar-refractivity contribution < 1.29 is 4.79 Å². The van der Waals surface area contributed by atoms with Crippen molar-refractivity contribution in [2.24, 2.45) is 0 Å². The number of hydrogen-bond acceptors (Lipinski definition) is 4. The normalized spacial score (nSPS) is 10.3. The number of nitrogen functional groups attached to an aromatic ring is 1. The van der Waals surface area contributed by atoms with Crippen LogP contribution in [0.3, 0.4) is 0 Å². The van der Waals surface area contributed by atoms with Gasteiger partial charge in [-0.2, -0.15) is 5.26 Å². The molecule has 2 rings (SSSR count). The van der Waals surface area contributed by atoms with Crippen LogP contribution in [0.1, 0.15) is 5.56 Å². The Morgan fingerprint density at radius 1 is 1.56 bits per heavy atom. The summed E-state index contributed by atoms with van der Waals surface area (Å²) in [4.78, 5) is 17.3. The standard InChI is InChI=1S/C12H13N5O/c1-16(2)10(18)7-17-9-5-3-4-8(6-13)11(9)15-12(17)14/h3-5H,7H2,1-2H3,(H2,14,15). The maximum absolute atomic E-state index is 11.7. The van der Waals surface area contributed by atoms with Gasteiger partial charge in [-0.1, -0.05) is 6.07 Å². The van der Waals surface area contributed by atoms with Gasteiger partial charge in [0.25, 0.3) is 0 Å². The smallest absolute Gasteiger partial charge is 0.242 e. The van der Waals surface area contributed by atoms with Crippen LogP contribution in [0.15, 0.2) is 18.2 Å². The lowest BCUT2D eigenvalue weighted by atomic mass is 10.2. The monoisotopic (exact) mass is 243 g/mol. The molecule has 0 saturated carbocycles. The number of fused-ring (bicyclic) bond motifs is 1. The molecule has 6 nitrogen and oxygen atoms in total. The van der Waals surface area contributed by atoms with Crippen LogP contribution in [-0.4, -0.2) is 34.5 Å². The number of aromatic nitrogens is 2. The van der Waals surface area contributed by atoms with E-state index in [4.69, 9.17) is 11.0 Å². The number of benzene rings is 1. The Bertz CT molecular complexity index is 650. The van der Waals surface area contributed by atoms with Crippen molar-refractivity contribution in [3.63, 3.8) is 0 Å². The molecule has 0 bridgehead atoms. The summed E-state index contributed by atoms with van der Waals surface area (Å²) >= 11 is 0. The van der Waals surface area contributed by atoms with E-state index in [1.54, 1.807) is 36.9 Å². The average molecular weight is 243 g/mol. The topological polar surface area (TPSA) is 87.9 Å². The average Bonchev–Trinajstić information content (AvgIpc) is 2.65. The summed E-state index contributed by atoms with van der Waals surface area (Å²) < 4.78 is 1.61. The van der Waals surface area contributed by atoms with E-state index in [9.17, 15) is 4.79 Å². The number of nitrogens with zero attached hydrogens (tertiary/aromatic N) is 4. The molecule has 2 aromatic rings. The lowest BCUT2D eigenvalue weighted by Crippen LogP contribution is -2.26. The van der Waals surface area contributed by atoms with Gasteiger partial charge in [0.2, 0.25) is 11.9 Å². The maximum atomic E-state index is 11.7. The third-order valence-corrected chi connectivity index (χ3v) is 2.72. The number of carbonyl (C=O) groups excluding carboxylic acids is 1. The fourth-order valence-electron chi connectivity index (χ4n) is 1.70. The van der Waals surface area contributed by atoms with E-state index in [0.717, 1.165) is 0 Å². The number of imidazole rings is 1. The van der Waals surface area contributed by atoms with Crippen LogP contribution in [0.5, 0.6) is 0 Å². The molecular weight excluding hydrogens is 230 g/mol. The van der Waals surface area contributed by atoms with Crippen molar-refractivity contribution in [3.05, 3.63) is 23.8 Å². The van der Waals surface area contributed by atoms with Gasteiger partial charge in [0.05, 0.1) is 11.1 Å². The van der Waals surface area contributed by atoms with E-state index in [1.165, 1.54) is 4.90 Å². The molecule has 2 N–H and O–H groups in total. The van der Waals surface area contributed by atoms with E-state index >= 15 is 0 Å². The number of anilines is 1. The van der Waals surface area contributed by atoms with E-state index in [-0.39, 0.29) is 18.4 Å². The van der Waals surface area contributed by atoms with Gasteiger partial charge in [-0.15, -0.1) is 0 Å². The highest BCUT2D eigenvalue weighted by molar-refractivity contribution is 5.86. The molecule has 92 valence electrons. The first-order chi connectivity index (χ1) is 8.54. The molecule has 1 aromatic carbocycles. The van der Waals surface area contributed by atoms with Crippen molar-refractivity contribution >= 4 is 22.9 Å². The predicted octanol–water partition coefficient (Wildman–Crippen LogP) is 0.578. The molecule has 18 heavy (non-hydrogen) atoms. The number of carbonyl (C=O) groups is 1. The number of likely N-dealkylation sites (N-methyl/N-ethyl adjacent to an activating group) is 1. The quantitative estimate of drug-likeness (QED) is 0.835. The number of hydrogen-bond donors (Lipinski definition) is 1. The fraction of sp³-hybridized carbons (Fsp3) is 0.250. The van der Waals surface area contributed by atoms with Crippen LogP contribution >= 0.6 is 0 Å². The van der Waals surface area contributed by atoms with Gasteiger partial charge < -0.3 is 15.2 Å². The van der Waals surface area contributed by atoms with E-state index in [1.807, 2.05) is 0 Å². The molecule has 0 fully saturated rings. The molecule has 0 spiro atoms. The van der Waals surface area contributed by atoms with Crippen LogP contribution in [0.4, 0.5) is 5.95 Å². The first kappa shape index (κ1) is 11.9. The van der Waals surface area contributed by atoms with Gasteiger partial charge >= 0.3 is 0 Å². The zero-order valence-corrected chi connectivity index (χ0v) is 10.2. The number of nitrogens with two attached hydrogens (primary N) is 1. The van der Waals surface area contributed by atoms with Crippen molar-refractivity contribution in [1.82, 2.24) is 14.5 Å². The van der Waals surface area contributed by atoms with Gasteiger partial charge in [0, 0.05) is 14.1 Å². The molecular formula is C12H13N5O. The number of para-hydroxylation sites is 1. The Labute approximate surface area is 104 Å². The second kappa shape index (κ2) is 4.37. The maximum Gasteiger partial charge on any atom is 0.242 e. The SMILES string of the molecule is CN(C)C(=O)Cn1c(N)nc2c(C#N)cccc21. The zero-order chi connectivity index (χ0) is 13.3. The third-order valence-electron chi connectivity index (χ3n) is 2.72. The highest BCUT2D eigenvalue weighted by Gasteiger charge is 2.14. The van der Waals surface area contributed by atoms with Crippen molar-refractivity contribution in [2.45, 2.75) is 6.54 Å². The summed E-state index contributed by atoms with van der Waals surface area (Å²) in [6, 6.07) is 7.28. The summed E-state index contributed by atoms with van der Waals surface area (Å²) in [5, 5.41) is 8.99. The summed E-state index contributed by atoms with van der Waals surface area (Å²) in [7, 11) is 3.36. The lowest BCUT2D eigenvalue weighted by molar-refractivity contribution is -0.129. The van der Waals surface area contributed by atoms with Gasteiger partial charge in [-0.3, -0.25) is 4.79 Å². The number of nitriles is 1. The molecule has 0 radical (unpaired) electrons. The lowest BCUT2D eigenvalue weighted by Gasteiger charge is -2.11. The predicted molar refractivity (Wildman–Crippen MR) is 67.6 cm³/mol. The molecule has 1 heterocycles. The van der Waals surface area contributed by atoms with Gasteiger partial charge in [-0.25, -0.2) is 4.98 Å². The minimum absolute atomic E-state index is 0.0802. The van der Waals surface area contributed by atoms with Crippen LogP contribution in [-0.2, 0) is 11.3 Å². The van der Waals surface area contributed by atoms with Crippen molar-refractivity contribution in [2.75, 3.05) is 19.8 Å². The molecule has 0 aliphatic heterocycles. The minimum Gasteiger partial charge on any atom is -0.369 e. The first-order valence-electron chi connectivity index (χ1n) is 5.39. The fourth-order valence-corrected chi connectivity index (χ4v) is 1.70. The summed E-state index contributed by atoms with van der Waals surface area (Å²) in [5.74, 6) is 0.159. The van der Waals surface area contributed by atoms with E-state index in [0.29, 0.717) is 16.6 Å². The second-order valence-corrected chi connectivity index (χ2v) is 4.13. The Hall–Kier alpha value is -2.55. The van der Waals surface area contributed by atoms with Gasteiger partial charge in [0.1, 0.15) is 18.1 Å². The van der Waals surface area contributed by atoms with E-state index in [2.05, 4.69) is 11.1 Å². The largest absolute Gasteiger partial charge is 0.369 e. The molecule has 0 atom stereocenters. The molecule has 1 amide bonds. The number of amides is 1. The van der Waals surface area contributed by atoms with Gasteiger partial charge in [0.15, 0.2) is 0 Å². The third kappa shape index (κ3) is 1.86. The van der Waals surface area contributed by atoms with Gasteiger partial charge in [-0.05, 0) is 12.1 Å². The summed E-state index contributed by atoms with van der Waals surface area (Å²) in [6.45, 7) is 0.115. The van der Waals surface area contributed by atoms with Crippen LogP contribution in [0.2, 0.25) is 0 Å². The van der Waals surface area contributed by atoms with Crippen LogP contribution in [0.25, 0.3) is 11.0 Å². The molecule has 0 saturated heterocycles. The molecule has 0 unspecified atom stereocenters. The first-order valence-corrected chi connectivity index (χ1v) is 5.39. The molecule has 1 aromatic heterocycles. The Balaban J connectivity index is 2.55. The zero-order valence-electron chi connectivity index (χ0n) is 10.2. The van der Waals surface area contributed by atoms with Crippen molar-refractivity contribution in [1.29, 1.82) is 5.26 Å².